The van der Waals surface area contributed by atoms with Crippen molar-refractivity contribution < 1.29 is 4.42 Å². The van der Waals surface area contributed by atoms with E-state index in [2.05, 4.69) is 66.7 Å². The van der Waals surface area contributed by atoms with Crippen molar-refractivity contribution >= 4 is 54.3 Å². The molecular weight excluding hydrogens is 528 g/mol. The Morgan fingerprint density at radius 2 is 1.07 bits per heavy atom. The van der Waals surface area contributed by atoms with Gasteiger partial charge >= 0.3 is 0 Å². The fourth-order valence-corrected chi connectivity index (χ4v) is 6.13. The van der Waals surface area contributed by atoms with Gasteiger partial charge in [0, 0.05) is 22.7 Å². The molecule has 0 N–H and O–H groups in total. The van der Waals surface area contributed by atoms with E-state index in [0.29, 0.717) is 23.2 Å². The number of fused-ring (bicyclic) bond motifs is 8. The number of para-hydroxylation sites is 1. The van der Waals surface area contributed by atoms with E-state index >= 15 is 0 Å². The number of pyridine rings is 1. The van der Waals surface area contributed by atoms with Gasteiger partial charge in [0.25, 0.3) is 0 Å². The second-order valence-electron chi connectivity index (χ2n) is 10.7. The Labute approximate surface area is 246 Å². The minimum atomic E-state index is 0.506. The van der Waals surface area contributed by atoms with E-state index in [9.17, 15) is 0 Å². The molecule has 0 fully saturated rings. The average molecular weight is 551 g/mol. The van der Waals surface area contributed by atoms with Crippen LogP contribution in [-0.2, 0) is 0 Å². The molecule has 0 saturated heterocycles. The van der Waals surface area contributed by atoms with Crippen LogP contribution < -0.4 is 0 Å². The molecular formula is C38H22N4O. The number of furan rings is 1. The molecule has 0 atom stereocenters. The van der Waals surface area contributed by atoms with Gasteiger partial charge < -0.3 is 4.42 Å². The van der Waals surface area contributed by atoms with Gasteiger partial charge in [-0.25, -0.2) is 15.0 Å². The van der Waals surface area contributed by atoms with Crippen molar-refractivity contribution in [2.45, 2.75) is 0 Å². The third kappa shape index (κ3) is 3.79. The second-order valence-corrected chi connectivity index (χ2v) is 10.7. The molecule has 0 bridgehead atoms. The topological polar surface area (TPSA) is 64.7 Å². The molecule has 43 heavy (non-hydrogen) atoms. The Bertz CT molecular complexity index is 2520. The zero-order valence-corrected chi connectivity index (χ0v) is 22.9. The Kier molecular flexibility index (Phi) is 5.13. The van der Waals surface area contributed by atoms with Crippen LogP contribution in [0.15, 0.2) is 138 Å². The van der Waals surface area contributed by atoms with Crippen molar-refractivity contribution in [1.82, 2.24) is 19.9 Å². The number of nitrogens with zero attached hydrogens (tertiary/aromatic N) is 4. The minimum Gasteiger partial charge on any atom is -0.456 e. The summed E-state index contributed by atoms with van der Waals surface area (Å²) in [4.78, 5) is 19.7. The first-order valence-corrected chi connectivity index (χ1v) is 14.2. The summed E-state index contributed by atoms with van der Waals surface area (Å²) < 4.78 is 6.14. The molecule has 5 nitrogen and oxygen atoms in total. The molecule has 0 aliphatic rings. The molecule has 0 radical (unpaired) electrons. The van der Waals surface area contributed by atoms with Gasteiger partial charge in [-0.15, -0.1) is 0 Å². The predicted molar refractivity (Wildman–Crippen MR) is 174 cm³/mol. The standard InChI is InChI=1S/C38H22N4O/c1-2-9-24(10-3-1)36-40-37(42-38(41-36)35-34-31-12-6-7-13-32(31)43-33(34)20-21-39-35)26-16-17-28-25(22-26)15-19-29-27-11-5-4-8-23(27)14-18-30(28)29/h1-22H. The second kappa shape index (κ2) is 9.29. The van der Waals surface area contributed by atoms with Crippen LogP contribution in [0.1, 0.15) is 0 Å². The number of benzene rings is 6. The first-order valence-electron chi connectivity index (χ1n) is 14.2. The summed E-state index contributed by atoms with van der Waals surface area (Å²) in [5.41, 5.74) is 4.05. The maximum atomic E-state index is 6.14. The van der Waals surface area contributed by atoms with Crippen molar-refractivity contribution in [3.05, 3.63) is 134 Å². The summed E-state index contributed by atoms with van der Waals surface area (Å²) in [6.07, 6.45) is 1.75. The van der Waals surface area contributed by atoms with Crippen LogP contribution in [-0.4, -0.2) is 19.9 Å². The lowest BCUT2D eigenvalue weighted by Gasteiger charge is -2.11. The summed E-state index contributed by atoms with van der Waals surface area (Å²) in [6, 6.07) is 43.7. The normalized spacial score (nSPS) is 11.7. The molecule has 0 saturated carbocycles. The maximum absolute atomic E-state index is 6.14. The molecule has 0 spiro atoms. The quantitative estimate of drug-likeness (QED) is 0.205. The van der Waals surface area contributed by atoms with E-state index in [1.54, 1.807) is 6.20 Å². The molecule has 0 aliphatic carbocycles. The zero-order valence-electron chi connectivity index (χ0n) is 22.9. The van der Waals surface area contributed by atoms with Gasteiger partial charge in [0.05, 0.1) is 5.39 Å². The van der Waals surface area contributed by atoms with Crippen molar-refractivity contribution in [3.63, 3.8) is 0 Å². The molecule has 9 aromatic rings. The van der Waals surface area contributed by atoms with Gasteiger partial charge in [-0.1, -0.05) is 109 Å². The number of aromatic nitrogens is 4. The Morgan fingerprint density at radius 3 is 1.93 bits per heavy atom. The monoisotopic (exact) mass is 550 g/mol. The summed E-state index contributed by atoms with van der Waals surface area (Å²) >= 11 is 0. The molecule has 5 heteroatoms. The van der Waals surface area contributed by atoms with Crippen LogP contribution in [0, 0.1) is 0 Å². The van der Waals surface area contributed by atoms with E-state index in [4.69, 9.17) is 24.4 Å². The summed E-state index contributed by atoms with van der Waals surface area (Å²) in [5, 5.41) is 9.18. The molecule has 3 aromatic heterocycles. The van der Waals surface area contributed by atoms with Crippen LogP contribution >= 0.6 is 0 Å². The lowest BCUT2D eigenvalue weighted by molar-refractivity contribution is 0.668. The SMILES string of the molecule is c1ccc(-c2nc(-c3ccc4c(ccc5c6ccccc6ccc45)c3)nc(-c3nccc4oc5ccccc5c34)n2)cc1. The van der Waals surface area contributed by atoms with Crippen molar-refractivity contribution in [3.8, 4) is 34.3 Å². The van der Waals surface area contributed by atoms with Gasteiger partial charge in [-0.2, -0.15) is 0 Å². The third-order valence-electron chi connectivity index (χ3n) is 8.17. The fourth-order valence-electron chi connectivity index (χ4n) is 6.13. The van der Waals surface area contributed by atoms with Crippen LogP contribution in [0.2, 0.25) is 0 Å². The van der Waals surface area contributed by atoms with Crippen LogP contribution in [0.4, 0.5) is 0 Å². The van der Waals surface area contributed by atoms with E-state index in [0.717, 1.165) is 38.5 Å². The van der Waals surface area contributed by atoms with Crippen LogP contribution in [0.25, 0.3) is 88.5 Å². The van der Waals surface area contributed by atoms with E-state index in [-0.39, 0.29) is 0 Å². The molecule has 6 aromatic carbocycles. The van der Waals surface area contributed by atoms with Crippen LogP contribution in [0.3, 0.4) is 0 Å². The zero-order chi connectivity index (χ0) is 28.3. The highest BCUT2D eigenvalue weighted by Crippen LogP contribution is 2.36. The van der Waals surface area contributed by atoms with Gasteiger partial charge in [-0.3, -0.25) is 4.98 Å². The van der Waals surface area contributed by atoms with E-state index in [1.165, 1.54) is 26.9 Å². The van der Waals surface area contributed by atoms with Gasteiger partial charge in [0.15, 0.2) is 17.5 Å². The third-order valence-corrected chi connectivity index (χ3v) is 8.17. The van der Waals surface area contributed by atoms with Gasteiger partial charge in [-0.05, 0) is 50.5 Å². The van der Waals surface area contributed by atoms with E-state index in [1.807, 2.05) is 60.7 Å². The van der Waals surface area contributed by atoms with E-state index < -0.39 is 0 Å². The average Bonchev–Trinajstić information content (AvgIpc) is 3.47. The summed E-state index contributed by atoms with van der Waals surface area (Å²) in [6.45, 7) is 0. The summed E-state index contributed by atoms with van der Waals surface area (Å²) in [7, 11) is 0. The molecule has 0 amide bonds. The highest BCUT2D eigenvalue weighted by atomic mass is 16.3. The molecule has 200 valence electrons. The molecule has 0 aliphatic heterocycles. The first kappa shape index (κ1) is 23.7. The molecule has 0 unspecified atom stereocenters. The molecule has 3 heterocycles. The van der Waals surface area contributed by atoms with Crippen molar-refractivity contribution in [1.29, 1.82) is 0 Å². The van der Waals surface area contributed by atoms with Crippen LogP contribution in [0.5, 0.6) is 0 Å². The van der Waals surface area contributed by atoms with Crippen molar-refractivity contribution in [2.75, 3.05) is 0 Å². The smallest absolute Gasteiger partial charge is 0.183 e. The minimum absolute atomic E-state index is 0.506. The fraction of sp³-hybridized carbons (Fsp3) is 0. The lowest BCUT2D eigenvalue weighted by atomic mass is 9.96. The number of hydrogen-bond acceptors (Lipinski definition) is 5. The highest BCUT2D eigenvalue weighted by molar-refractivity contribution is 6.17. The maximum Gasteiger partial charge on any atom is 0.183 e. The Balaban J connectivity index is 1.27. The van der Waals surface area contributed by atoms with Gasteiger partial charge in [0.1, 0.15) is 16.9 Å². The number of hydrogen-bond donors (Lipinski definition) is 0. The van der Waals surface area contributed by atoms with Crippen molar-refractivity contribution in [2.24, 2.45) is 0 Å². The molecule has 9 rings (SSSR count). The van der Waals surface area contributed by atoms with Gasteiger partial charge in [0.2, 0.25) is 0 Å². The summed E-state index contributed by atoms with van der Waals surface area (Å²) in [5.74, 6) is 1.69. The highest BCUT2D eigenvalue weighted by Gasteiger charge is 2.19. The number of rotatable bonds is 3. The lowest BCUT2D eigenvalue weighted by Crippen LogP contribution is -2.01. The first-order chi connectivity index (χ1) is 21.3. The Hall–Kier alpha value is -5.94. The predicted octanol–water partition coefficient (Wildman–Crippen LogP) is 9.63. The Morgan fingerprint density at radius 1 is 0.419 bits per heavy atom. The largest absolute Gasteiger partial charge is 0.456 e.